The smallest absolute Gasteiger partial charge is 0.135 e. The van der Waals surface area contributed by atoms with E-state index < -0.39 is 0 Å². The van der Waals surface area contributed by atoms with Gasteiger partial charge in [0.25, 0.3) is 0 Å². The molecule has 0 atom stereocenters. The van der Waals surface area contributed by atoms with Crippen molar-refractivity contribution in [3.8, 4) is 67.1 Å². The highest BCUT2D eigenvalue weighted by molar-refractivity contribution is 6.10. The van der Waals surface area contributed by atoms with Crippen molar-refractivity contribution in [3.63, 3.8) is 0 Å². The first-order valence-corrected chi connectivity index (χ1v) is 19.8. The largest absolute Gasteiger partial charge is 0.456 e. The minimum Gasteiger partial charge on any atom is -0.456 e. The number of nitrogens with zero attached hydrogens (tertiary/aromatic N) is 1. The maximum Gasteiger partial charge on any atom is 0.135 e. The van der Waals surface area contributed by atoms with Crippen molar-refractivity contribution < 1.29 is 4.74 Å². The SMILES string of the molecule is c1ccc(-c2ccc(-c3ccc(N(c4ccc(-c5cccc6ccccc56)cc4)c4cccc(-c5ccc6c7c(cccc57)-c5ccccc5O6)c4)cc3)cc2)cc1. The van der Waals surface area contributed by atoms with Crippen molar-refractivity contribution in [1.82, 2.24) is 0 Å². The zero-order valence-corrected chi connectivity index (χ0v) is 31.7. The second-order valence-electron chi connectivity index (χ2n) is 14.9. The minimum absolute atomic E-state index is 0.895. The Labute approximate surface area is 338 Å². The van der Waals surface area contributed by atoms with Crippen molar-refractivity contribution in [2.75, 3.05) is 4.90 Å². The van der Waals surface area contributed by atoms with Crippen molar-refractivity contribution in [1.29, 1.82) is 0 Å². The van der Waals surface area contributed by atoms with Gasteiger partial charge in [-0.05, 0) is 115 Å². The molecule has 1 aliphatic heterocycles. The monoisotopic (exact) mass is 739 g/mol. The minimum atomic E-state index is 0.895. The van der Waals surface area contributed by atoms with E-state index in [1.807, 2.05) is 12.1 Å². The molecule has 2 nitrogen and oxygen atoms in total. The molecular weight excluding hydrogens is 703 g/mol. The molecule has 58 heavy (non-hydrogen) atoms. The summed E-state index contributed by atoms with van der Waals surface area (Å²) in [5.41, 5.74) is 15.1. The van der Waals surface area contributed by atoms with E-state index in [9.17, 15) is 0 Å². The summed E-state index contributed by atoms with van der Waals surface area (Å²) in [6.07, 6.45) is 0. The number of hydrogen-bond acceptors (Lipinski definition) is 2. The normalized spacial score (nSPS) is 11.6. The van der Waals surface area contributed by atoms with E-state index in [-0.39, 0.29) is 0 Å². The van der Waals surface area contributed by atoms with Crippen LogP contribution in [0, 0.1) is 0 Å². The molecule has 10 aromatic rings. The van der Waals surface area contributed by atoms with Crippen LogP contribution in [0.1, 0.15) is 0 Å². The third-order valence-corrected chi connectivity index (χ3v) is 11.5. The topological polar surface area (TPSA) is 12.5 Å². The molecule has 1 heterocycles. The molecule has 0 amide bonds. The highest BCUT2D eigenvalue weighted by Gasteiger charge is 2.22. The number of rotatable bonds is 7. The third kappa shape index (κ3) is 5.91. The summed E-state index contributed by atoms with van der Waals surface area (Å²) in [5.74, 6) is 1.79. The van der Waals surface area contributed by atoms with E-state index in [1.54, 1.807) is 0 Å². The molecule has 1 aliphatic rings. The van der Waals surface area contributed by atoms with E-state index >= 15 is 0 Å². The molecule has 10 aromatic carbocycles. The number of ether oxygens (including phenoxy) is 1. The maximum absolute atomic E-state index is 6.44. The lowest BCUT2D eigenvalue weighted by molar-refractivity contribution is 0.487. The van der Waals surface area contributed by atoms with Gasteiger partial charge in [0.1, 0.15) is 11.5 Å². The molecule has 11 rings (SSSR count). The van der Waals surface area contributed by atoms with Gasteiger partial charge in [-0.1, -0.05) is 176 Å². The Morgan fingerprint density at radius 2 is 0.793 bits per heavy atom. The Bertz CT molecular complexity index is 3110. The van der Waals surface area contributed by atoms with Gasteiger partial charge in [0, 0.05) is 28.0 Å². The fourth-order valence-electron chi connectivity index (χ4n) is 8.65. The summed E-state index contributed by atoms with van der Waals surface area (Å²) in [4.78, 5) is 2.36. The standard InChI is InChI=1S/C56H37NO/c1-2-11-38(12-3-1)39-23-25-40(26-24-39)41-27-31-45(32-28-41)57(46-33-29-43(30-34-46)49-19-9-14-42-13-4-5-17-48(42)49)47-16-8-15-44(37-47)50-35-36-55-56-52(50)20-10-21-53(56)51-18-6-7-22-54(51)58-55/h1-37H. The predicted octanol–water partition coefficient (Wildman–Crippen LogP) is 15.9. The Morgan fingerprint density at radius 1 is 0.276 bits per heavy atom. The number of para-hydroxylation sites is 1. The van der Waals surface area contributed by atoms with Crippen LogP contribution < -0.4 is 9.64 Å². The Balaban J connectivity index is 1.00. The van der Waals surface area contributed by atoms with E-state index in [0.29, 0.717) is 0 Å². The number of anilines is 3. The molecule has 0 spiro atoms. The van der Waals surface area contributed by atoms with Crippen LogP contribution in [0.5, 0.6) is 11.5 Å². The van der Waals surface area contributed by atoms with Crippen LogP contribution in [0.25, 0.3) is 77.2 Å². The van der Waals surface area contributed by atoms with E-state index in [1.165, 1.54) is 60.7 Å². The van der Waals surface area contributed by atoms with Gasteiger partial charge in [-0.15, -0.1) is 0 Å². The lowest BCUT2D eigenvalue weighted by atomic mass is 9.90. The van der Waals surface area contributed by atoms with Gasteiger partial charge in [0.05, 0.1) is 0 Å². The number of benzene rings is 10. The molecule has 0 aliphatic carbocycles. The van der Waals surface area contributed by atoms with E-state index in [4.69, 9.17) is 4.74 Å². The van der Waals surface area contributed by atoms with Gasteiger partial charge < -0.3 is 9.64 Å². The van der Waals surface area contributed by atoms with Crippen molar-refractivity contribution >= 4 is 38.6 Å². The van der Waals surface area contributed by atoms with Gasteiger partial charge >= 0.3 is 0 Å². The molecule has 0 saturated heterocycles. The molecule has 0 bridgehead atoms. The zero-order chi connectivity index (χ0) is 38.4. The summed E-state index contributed by atoms with van der Waals surface area (Å²) in [7, 11) is 0. The van der Waals surface area contributed by atoms with Crippen LogP contribution in [0.3, 0.4) is 0 Å². The lowest BCUT2D eigenvalue weighted by Crippen LogP contribution is -2.10. The number of hydrogen-bond donors (Lipinski definition) is 0. The van der Waals surface area contributed by atoms with Gasteiger partial charge in [0.2, 0.25) is 0 Å². The van der Waals surface area contributed by atoms with E-state index in [2.05, 4.69) is 217 Å². The Kier molecular flexibility index (Phi) is 8.19. The highest BCUT2D eigenvalue weighted by Crippen LogP contribution is 2.49. The van der Waals surface area contributed by atoms with Crippen LogP contribution >= 0.6 is 0 Å². The van der Waals surface area contributed by atoms with Gasteiger partial charge in [-0.25, -0.2) is 0 Å². The Hall–Kier alpha value is -7.68. The first-order chi connectivity index (χ1) is 28.7. The van der Waals surface area contributed by atoms with Crippen LogP contribution in [-0.2, 0) is 0 Å². The van der Waals surface area contributed by atoms with Crippen molar-refractivity contribution in [3.05, 3.63) is 224 Å². The predicted molar refractivity (Wildman–Crippen MR) is 243 cm³/mol. The first kappa shape index (κ1) is 33.6. The highest BCUT2D eigenvalue weighted by atomic mass is 16.5. The van der Waals surface area contributed by atoms with Crippen molar-refractivity contribution in [2.24, 2.45) is 0 Å². The average Bonchev–Trinajstić information content (AvgIpc) is 3.30. The second-order valence-corrected chi connectivity index (χ2v) is 14.9. The molecule has 0 unspecified atom stereocenters. The van der Waals surface area contributed by atoms with Gasteiger partial charge in [0.15, 0.2) is 0 Å². The van der Waals surface area contributed by atoms with Crippen LogP contribution in [-0.4, -0.2) is 0 Å². The third-order valence-electron chi connectivity index (χ3n) is 11.5. The summed E-state index contributed by atoms with van der Waals surface area (Å²) in [6.45, 7) is 0. The average molecular weight is 740 g/mol. The summed E-state index contributed by atoms with van der Waals surface area (Å²) >= 11 is 0. The molecule has 0 N–H and O–H groups in total. The molecule has 0 fully saturated rings. The van der Waals surface area contributed by atoms with Crippen molar-refractivity contribution in [2.45, 2.75) is 0 Å². The fraction of sp³-hybridized carbons (Fsp3) is 0. The number of fused-ring (bicyclic) bond motifs is 3. The Morgan fingerprint density at radius 3 is 1.57 bits per heavy atom. The molecule has 0 radical (unpaired) electrons. The molecular formula is C56H37NO. The lowest BCUT2D eigenvalue weighted by Gasteiger charge is -2.27. The summed E-state index contributed by atoms with van der Waals surface area (Å²) in [6, 6.07) is 80.6. The molecule has 272 valence electrons. The maximum atomic E-state index is 6.44. The summed E-state index contributed by atoms with van der Waals surface area (Å²) < 4.78 is 6.44. The molecule has 0 aromatic heterocycles. The fourth-order valence-corrected chi connectivity index (χ4v) is 8.65. The van der Waals surface area contributed by atoms with Crippen LogP contribution in [0.4, 0.5) is 17.1 Å². The van der Waals surface area contributed by atoms with Gasteiger partial charge in [-0.3, -0.25) is 0 Å². The quantitative estimate of drug-likeness (QED) is 0.161. The van der Waals surface area contributed by atoms with Crippen LogP contribution in [0.2, 0.25) is 0 Å². The van der Waals surface area contributed by atoms with Crippen LogP contribution in [0.15, 0.2) is 224 Å². The van der Waals surface area contributed by atoms with Gasteiger partial charge in [-0.2, -0.15) is 0 Å². The molecule has 0 saturated carbocycles. The zero-order valence-electron chi connectivity index (χ0n) is 31.7. The first-order valence-electron chi connectivity index (χ1n) is 19.8. The second kappa shape index (κ2) is 14.1. The van der Waals surface area contributed by atoms with E-state index in [0.717, 1.165) is 45.1 Å². The summed E-state index contributed by atoms with van der Waals surface area (Å²) in [5, 5.41) is 4.82. The molecule has 2 heteroatoms.